The second-order valence-electron chi connectivity index (χ2n) is 3.55. The molecule has 0 unspecified atom stereocenters. The molecule has 2 aromatic rings. The molecule has 19 heavy (non-hydrogen) atoms. The molecule has 94 valence electrons. The van der Waals surface area contributed by atoms with Crippen LogP contribution in [0.4, 0.5) is 0 Å². The summed E-state index contributed by atoms with van der Waals surface area (Å²) in [7, 11) is 0. The molecule has 1 aromatic heterocycles. The molecule has 1 heterocycles. The molecular weight excluding hydrogens is 359 g/mol. The predicted molar refractivity (Wildman–Crippen MR) is 75.1 cm³/mol. The Labute approximate surface area is 122 Å². The fourth-order valence-corrected chi connectivity index (χ4v) is 1.78. The van der Waals surface area contributed by atoms with Gasteiger partial charge in [-0.2, -0.15) is 5.26 Å². The molecule has 0 bridgehead atoms. The molecule has 0 aliphatic carbocycles. The van der Waals surface area contributed by atoms with Gasteiger partial charge in [0.15, 0.2) is 0 Å². The molecule has 1 N–H and O–H groups in total. The highest BCUT2D eigenvalue weighted by Crippen LogP contribution is 2.26. The van der Waals surface area contributed by atoms with Crippen LogP contribution in [0.5, 0.6) is 11.6 Å². The zero-order chi connectivity index (χ0) is 13.8. The minimum Gasteiger partial charge on any atom is -0.478 e. The van der Waals surface area contributed by atoms with E-state index in [1.165, 1.54) is 18.3 Å². The minimum atomic E-state index is -1.02. The molecule has 0 amide bonds. The highest BCUT2D eigenvalue weighted by atomic mass is 127. The van der Waals surface area contributed by atoms with Gasteiger partial charge in [0.2, 0.25) is 5.88 Å². The van der Waals surface area contributed by atoms with Crippen LogP contribution >= 0.6 is 22.6 Å². The number of nitrogens with zero attached hydrogens (tertiary/aromatic N) is 2. The quantitative estimate of drug-likeness (QED) is 0.845. The fourth-order valence-electron chi connectivity index (χ4n) is 1.33. The molecule has 6 heteroatoms. The Morgan fingerprint density at radius 2 is 2.16 bits per heavy atom. The number of ether oxygens (including phenoxy) is 1. The number of aromatic carboxylic acids is 1. The van der Waals surface area contributed by atoms with Crippen LogP contribution in [-0.4, -0.2) is 16.1 Å². The second kappa shape index (κ2) is 5.67. The van der Waals surface area contributed by atoms with Gasteiger partial charge in [0.1, 0.15) is 11.8 Å². The standard InChI is InChI=1S/C13H7IN2O3/c14-10-3-2-9(13(17)18)5-11(10)19-12-4-1-8(6-15)7-16-12/h1-5,7H,(H,17,18). The summed E-state index contributed by atoms with van der Waals surface area (Å²) < 4.78 is 6.28. The van der Waals surface area contributed by atoms with Crippen molar-refractivity contribution in [2.45, 2.75) is 0 Å². The van der Waals surface area contributed by atoms with Gasteiger partial charge in [0.05, 0.1) is 14.7 Å². The first-order chi connectivity index (χ1) is 9.10. The Morgan fingerprint density at radius 3 is 2.74 bits per heavy atom. The summed E-state index contributed by atoms with van der Waals surface area (Å²) >= 11 is 2.04. The number of carboxylic acid groups (broad SMARTS) is 1. The lowest BCUT2D eigenvalue weighted by molar-refractivity contribution is 0.0696. The zero-order valence-corrected chi connectivity index (χ0v) is 11.7. The summed E-state index contributed by atoms with van der Waals surface area (Å²) in [5.41, 5.74) is 0.574. The van der Waals surface area contributed by atoms with E-state index in [0.717, 1.165) is 3.57 Å². The van der Waals surface area contributed by atoms with E-state index < -0.39 is 5.97 Å². The van der Waals surface area contributed by atoms with Gasteiger partial charge in [-0.05, 0) is 46.9 Å². The molecule has 0 saturated carbocycles. The second-order valence-corrected chi connectivity index (χ2v) is 4.71. The Kier molecular flexibility index (Phi) is 3.97. The van der Waals surface area contributed by atoms with E-state index in [4.69, 9.17) is 15.1 Å². The van der Waals surface area contributed by atoms with Crippen molar-refractivity contribution >= 4 is 28.6 Å². The summed E-state index contributed by atoms with van der Waals surface area (Å²) in [6, 6.07) is 9.69. The van der Waals surface area contributed by atoms with Gasteiger partial charge >= 0.3 is 5.97 Å². The molecule has 0 fully saturated rings. The number of rotatable bonds is 3. The summed E-state index contributed by atoms with van der Waals surface area (Å²) in [6.07, 6.45) is 1.39. The number of hydrogen-bond donors (Lipinski definition) is 1. The van der Waals surface area contributed by atoms with Crippen LogP contribution in [0.1, 0.15) is 15.9 Å². The van der Waals surface area contributed by atoms with Crippen LogP contribution in [0.3, 0.4) is 0 Å². The normalized spacial score (nSPS) is 9.68. The monoisotopic (exact) mass is 366 g/mol. The number of nitriles is 1. The molecule has 0 aliphatic heterocycles. The third-order valence-electron chi connectivity index (χ3n) is 2.26. The largest absolute Gasteiger partial charge is 0.478 e. The zero-order valence-electron chi connectivity index (χ0n) is 9.50. The molecule has 0 spiro atoms. The van der Waals surface area contributed by atoms with Gasteiger partial charge in [-0.25, -0.2) is 9.78 Å². The van der Waals surface area contributed by atoms with E-state index in [1.807, 2.05) is 28.7 Å². The lowest BCUT2D eigenvalue weighted by Gasteiger charge is -2.07. The lowest BCUT2D eigenvalue weighted by atomic mass is 10.2. The third-order valence-corrected chi connectivity index (χ3v) is 3.15. The molecule has 0 atom stereocenters. The van der Waals surface area contributed by atoms with Crippen molar-refractivity contribution in [1.29, 1.82) is 5.26 Å². The highest BCUT2D eigenvalue weighted by molar-refractivity contribution is 14.1. The Morgan fingerprint density at radius 1 is 1.37 bits per heavy atom. The van der Waals surface area contributed by atoms with Gasteiger partial charge in [0.25, 0.3) is 0 Å². The average Bonchev–Trinajstić information content (AvgIpc) is 2.42. The highest BCUT2D eigenvalue weighted by Gasteiger charge is 2.09. The molecule has 1 aromatic carbocycles. The van der Waals surface area contributed by atoms with Gasteiger partial charge < -0.3 is 9.84 Å². The van der Waals surface area contributed by atoms with Gasteiger partial charge in [-0.3, -0.25) is 0 Å². The van der Waals surface area contributed by atoms with Crippen LogP contribution in [0, 0.1) is 14.9 Å². The maximum Gasteiger partial charge on any atom is 0.335 e. The van der Waals surface area contributed by atoms with Gasteiger partial charge in [-0.1, -0.05) is 0 Å². The van der Waals surface area contributed by atoms with Crippen molar-refractivity contribution in [3.8, 4) is 17.7 Å². The van der Waals surface area contributed by atoms with E-state index in [1.54, 1.807) is 18.2 Å². The van der Waals surface area contributed by atoms with E-state index in [9.17, 15) is 4.79 Å². The molecule has 5 nitrogen and oxygen atoms in total. The minimum absolute atomic E-state index is 0.143. The van der Waals surface area contributed by atoms with Crippen molar-refractivity contribution in [2.24, 2.45) is 0 Å². The summed E-state index contributed by atoms with van der Waals surface area (Å²) in [4.78, 5) is 14.9. The first-order valence-corrected chi connectivity index (χ1v) is 6.25. The van der Waals surface area contributed by atoms with Crippen LogP contribution in [0.2, 0.25) is 0 Å². The number of aromatic nitrogens is 1. The van der Waals surface area contributed by atoms with E-state index >= 15 is 0 Å². The number of benzene rings is 1. The third kappa shape index (κ3) is 3.20. The number of halogens is 1. The van der Waals surface area contributed by atoms with Crippen molar-refractivity contribution in [2.75, 3.05) is 0 Å². The molecule has 0 aliphatic rings. The van der Waals surface area contributed by atoms with Crippen molar-refractivity contribution < 1.29 is 14.6 Å². The Hall–Kier alpha value is -2.14. The van der Waals surface area contributed by atoms with E-state index in [-0.39, 0.29) is 5.56 Å². The average molecular weight is 366 g/mol. The first kappa shape index (κ1) is 13.3. The maximum absolute atomic E-state index is 10.9. The van der Waals surface area contributed by atoms with Gasteiger partial charge in [-0.15, -0.1) is 0 Å². The van der Waals surface area contributed by atoms with Crippen molar-refractivity contribution in [1.82, 2.24) is 4.98 Å². The SMILES string of the molecule is N#Cc1ccc(Oc2cc(C(=O)O)ccc2I)nc1. The van der Waals surface area contributed by atoms with E-state index in [2.05, 4.69) is 4.98 Å². The lowest BCUT2D eigenvalue weighted by Crippen LogP contribution is -1.98. The van der Waals surface area contributed by atoms with Crippen molar-refractivity contribution in [3.63, 3.8) is 0 Å². The summed E-state index contributed by atoms with van der Waals surface area (Å²) in [5.74, 6) is -0.300. The van der Waals surface area contributed by atoms with E-state index in [0.29, 0.717) is 17.2 Å². The number of carbonyl (C=O) groups is 1. The fraction of sp³-hybridized carbons (Fsp3) is 0. The molecule has 0 radical (unpaired) electrons. The van der Waals surface area contributed by atoms with Crippen molar-refractivity contribution in [3.05, 3.63) is 51.2 Å². The topological polar surface area (TPSA) is 83.2 Å². The first-order valence-electron chi connectivity index (χ1n) is 5.17. The molecule has 0 saturated heterocycles. The molecular formula is C13H7IN2O3. The smallest absolute Gasteiger partial charge is 0.335 e. The Balaban J connectivity index is 2.29. The number of hydrogen-bond acceptors (Lipinski definition) is 4. The van der Waals surface area contributed by atoms with Gasteiger partial charge in [0, 0.05) is 12.3 Å². The maximum atomic E-state index is 10.9. The summed E-state index contributed by atoms with van der Waals surface area (Å²) in [5, 5.41) is 17.6. The van der Waals surface area contributed by atoms with Crippen LogP contribution in [0.25, 0.3) is 0 Å². The summed E-state index contributed by atoms with van der Waals surface area (Å²) in [6.45, 7) is 0. The predicted octanol–water partition coefficient (Wildman–Crippen LogP) is 3.05. The number of carboxylic acids is 1. The van der Waals surface area contributed by atoms with Crippen LogP contribution in [0.15, 0.2) is 36.5 Å². The van der Waals surface area contributed by atoms with Crippen LogP contribution < -0.4 is 4.74 Å². The number of pyridine rings is 1. The molecule has 2 rings (SSSR count). The Bertz CT molecular complexity index is 663. The van der Waals surface area contributed by atoms with Crippen LogP contribution in [-0.2, 0) is 0 Å².